The molecule has 0 unspecified atom stereocenters. The second-order valence-corrected chi connectivity index (χ2v) is 9.52. The first-order valence-corrected chi connectivity index (χ1v) is 12.6. The van der Waals surface area contributed by atoms with Gasteiger partial charge in [0, 0.05) is 5.56 Å². The van der Waals surface area contributed by atoms with Gasteiger partial charge in [-0.25, -0.2) is 9.59 Å². The van der Waals surface area contributed by atoms with Crippen LogP contribution in [0.3, 0.4) is 0 Å². The Hall–Kier alpha value is -4.96. The Morgan fingerprint density at radius 3 is 1.87 bits per heavy atom. The number of esters is 2. The molecular weight excluding hydrogens is 472 g/mol. The minimum atomic E-state index is -0.808. The van der Waals surface area contributed by atoms with Crippen molar-refractivity contribution >= 4 is 50.3 Å². The molecule has 0 radical (unpaired) electrons. The molecule has 4 nitrogen and oxygen atoms in total. The maximum absolute atomic E-state index is 13.2. The zero-order valence-corrected chi connectivity index (χ0v) is 20.3. The Labute approximate surface area is 219 Å². The van der Waals surface area contributed by atoms with Gasteiger partial charge in [-0.05, 0) is 74.3 Å². The number of hydrogen-bond acceptors (Lipinski definition) is 4. The molecule has 0 N–H and O–H groups in total. The van der Waals surface area contributed by atoms with E-state index >= 15 is 0 Å². The van der Waals surface area contributed by atoms with Crippen LogP contribution in [0.4, 0.5) is 0 Å². The maximum atomic E-state index is 13.2. The zero-order chi connectivity index (χ0) is 25.6. The van der Waals surface area contributed by atoms with Gasteiger partial charge in [0.25, 0.3) is 0 Å². The Kier molecular flexibility index (Phi) is 5.19. The number of rotatable bonds is 4. The van der Waals surface area contributed by atoms with Crippen LogP contribution >= 0.6 is 0 Å². The molecule has 0 aliphatic heterocycles. The summed E-state index contributed by atoms with van der Waals surface area (Å²) < 4.78 is 12.0. The van der Waals surface area contributed by atoms with E-state index in [-0.39, 0.29) is 0 Å². The fraction of sp³-hybridized carbons (Fsp3) is 0.0588. The van der Waals surface area contributed by atoms with E-state index in [4.69, 9.17) is 9.47 Å². The Balaban J connectivity index is 1.37. The molecule has 1 aliphatic rings. The molecule has 7 rings (SSSR count). The summed E-state index contributed by atoms with van der Waals surface area (Å²) in [6, 6.07) is 34.6. The lowest BCUT2D eigenvalue weighted by Gasteiger charge is -2.30. The molecule has 0 saturated heterocycles. The summed E-state index contributed by atoms with van der Waals surface area (Å²) in [6.45, 7) is 0. The van der Waals surface area contributed by atoms with Crippen molar-refractivity contribution in [2.75, 3.05) is 0 Å². The molecule has 4 heteroatoms. The molecule has 0 heterocycles. The molecule has 6 aromatic rings. The van der Waals surface area contributed by atoms with E-state index < -0.39 is 24.1 Å². The van der Waals surface area contributed by atoms with Crippen LogP contribution < -0.4 is 0 Å². The summed E-state index contributed by atoms with van der Waals surface area (Å²) in [5.41, 5.74) is 2.66. The van der Waals surface area contributed by atoms with Crippen LogP contribution in [-0.4, -0.2) is 18.0 Å². The van der Waals surface area contributed by atoms with E-state index in [0.717, 1.165) is 21.9 Å². The first-order valence-electron chi connectivity index (χ1n) is 12.6. The highest BCUT2D eigenvalue weighted by Crippen LogP contribution is 2.43. The van der Waals surface area contributed by atoms with Crippen molar-refractivity contribution in [1.29, 1.82) is 0 Å². The fourth-order valence-electron chi connectivity index (χ4n) is 5.50. The van der Waals surface area contributed by atoms with Crippen LogP contribution in [-0.2, 0) is 9.47 Å². The SMILES string of the molecule is O=C(O[C@@H]1C=Cc2c(cc3ccc4cccc5ccc2c3c45)[C@@H]1OC(=O)c1ccccc1)c1ccccc1. The highest BCUT2D eigenvalue weighted by atomic mass is 16.6. The first-order chi connectivity index (χ1) is 18.7. The molecule has 0 saturated carbocycles. The van der Waals surface area contributed by atoms with Crippen molar-refractivity contribution in [3.63, 3.8) is 0 Å². The molecule has 182 valence electrons. The number of ether oxygens (including phenoxy) is 2. The van der Waals surface area contributed by atoms with E-state index in [2.05, 4.69) is 48.5 Å². The maximum Gasteiger partial charge on any atom is 0.338 e. The van der Waals surface area contributed by atoms with E-state index in [1.807, 2.05) is 24.3 Å². The quantitative estimate of drug-likeness (QED) is 0.186. The van der Waals surface area contributed by atoms with Crippen molar-refractivity contribution in [2.24, 2.45) is 0 Å². The highest BCUT2D eigenvalue weighted by molar-refractivity contribution is 6.24. The second-order valence-electron chi connectivity index (χ2n) is 9.52. The minimum absolute atomic E-state index is 0.439. The van der Waals surface area contributed by atoms with Crippen molar-refractivity contribution < 1.29 is 19.1 Å². The standard InChI is InChI=1S/C34H22O4/c35-33(23-8-3-1-4-9-23)37-29-19-18-26-27-17-16-22-13-7-12-21-14-15-25(31(27)30(21)22)20-28(26)32(29)38-34(36)24-10-5-2-6-11-24/h1-20,29,32H/t29-,32+/m1/s1. The predicted octanol–water partition coefficient (Wildman–Crippen LogP) is 7.73. The van der Waals surface area contributed by atoms with E-state index in [0.29, 0.717) is 11.1 Å². The van der Waals surface area contributed by atoms with E-state index in [1.165, 1.54) is 21.5 Å². The van der Waals surface area contributed by atoms with E-state index in [1.54, 1.807) is 48.5 Å². The van der Waals surface area contributed by atoms with Crippen molar-refractivity contribution in [3.05, 3.63) is 138 Å². The summed E-state index contributed by atoms with van der Waals surface area (Å²) in [5, 5.41) is 6.88. The molecule has 6 aromatic carbocycles. The van der Waals surface area contributed by atoms with Gasteiger partial charge < -0.3 is 9.47 Å². The Morgan fingerprint density at radius 2 is 1.18 bits per heavy atom. The van der Waals surface area contributed by atoms with E-state index in [9.17, 15) is 9.59 Å². The number of fused-ring (bicyclic) bond motifs is 2. The van der Waals surface area contributed by atoms with Crippen LogP contribution in [0.2, 0.25) is 0 Å². The van der Waals surface area contributed by atoms with Gasteiger partial charge in [0.2, 0.25) is 0 Å². The van der Waals surface area contributed by atoms with Gasteiger partial charge in [0.1, 0.15) is 0 Å². The van der Waals surface area contributed by atoms with Gasteiger partial charge in [-0.2, -0.15) is 0 Å². The molecule has 38 heavy (non-hydrogen) atoms. The third-order valence-electron chi connectivity index (χ3n) is 7.27. The van der Waals surface area contributed by atoms with Crippen LogP contribution in [0.1, 0.15) is 37.9 Å². The zero-order valence-electron chi connectivity index (χ0n) is 20.3. The smallest absolute Gasteiger partial charge is 0.338 e. The predicted molar refractivity (Wildman–Crippen MR) is 149 cm³/mol. The Morgan fingerprint density at radius 1 is 0.579 bits per heavy atom. The number of hydrogen-bond donors (Lipinski definition) is 0. The van der Waals surface area contributed by atoms with Crippen molar-refractivity contribution in [2.45, 2.75) is 12.2 Å². The van der Waals surface area contributed by atoms with Crippen LogP contribution in [0.25, 0.3) is 38.4 Å². The van der Waals surface area contributed by atoms with Gasteiger partial charge in [0.15, 0.2) is 12.2 Å². The molecule has 0 aromatic heterocycles. The topological polar surface area (TPSA) is 52.6 Å². The number of benzene rings is 6. The lowest BCUT2D eigenvalue weighted by molar-refractivity contribution is -0.0228. The largest absolute Gasteiger partial charge is 0.450 e. The third kappa shape index (κ3) is 3.61. The Bertz CT molecular complexity index is 1840. The molecule has 1 aliphatic carbocycles. The molecule has 0 spiro atoms. The molecule has 0 amide bonds. The summed E-state index contributed by atoms with van der Waals surface area (Å²) in [5.74, 6) is -0.940. The van der Waals surface area contributed by atoms with Crippen LogP contribution in [0.15, 0.2) is 115 Å². The number of carbonyl (C=O) groups excluding carboxylic acids is 2. The summed E-state index contributed by atoms with van der Waals surface area (Å²) in [4.78, 5) is 26.2. The average molecular weight is 495 g/mol. The summed E-state index contributed by atoms with van der Waals surface area (Å²) in [7, 11) is 0. The van der Waals surface area contributed by atoms with Crippen LogP contribution in [0.5, 0.6) is 0 Å². The molecule has 2 atom stereocenters. The highest BCUT2D eigenvalue weighted by Gasteiger charge is 2.34. The minimum Gasteiger partial charge on any atom is -0.450 e. The van der Waals surface area contributed by atoms with Gasteiger partial charge in [-0.1, -0.05) is 84.9 Å². The van der Waals surface area contributed by atoms with Crippen LogP contribution in [0, 0.1) is 0 Å². The third-order valence-corrected chi connectivity index (χ3v) is 7.27. The lowest BCUT2D eigenvalue weighted by Crippen LogP contribution is -2.30. The fourth-order valence-corrected chi connectivity index (χ4v) is 5.50. The van der Waals surface area contributed by atoms with Gasteiger partial charge in [-0.15, -0.1) is 0 Å². The molecular formula is C34H22O4. The van der Waals surface area contributed by atoms with Crippen molar-refractivity contribution in [3.8, 4) is 0 Å². The number of carbonyl (C=O) groups is 2. The molecule has 0 bridgehead atoms. The lowest BCUT2D eigenvalue weighted by atomic mass is 9.84. The van der Waals surface area contributed by atoms with Gasteiger partial charge in [0.05, 0.1) is 11.1 Å². The molecule has 0 fully saturated rings. The summed E-state index contributed by atoms with van der Waals surface area (Å²) >= 11 is 0. The summed E-state index contributed by atoms with van der Waals surface area (Å²) in [6.07, 6.45) is 2.22. The first kappa shape index (κ1) is 22.3. The second kappa shape index (κ2) is 8.86. The van der Waals surface area contributed by atoms with Crippen molar-refractivity contribution in [1.82, 2.24) is 0 Å². The average Bonchev–Trinajstić information content (AvgIpc) is 2.97. The van der Waals surface area contributed by atoms with Gasteiger partial charge >= 0.3 is 11.9 Å². The monoisotopic (exact) mass is 494 g/mol. The van der Waals surface area contributed by atoms with Gasteiger partial charge in [-0.3, -0.25) is 0 Å². The normalized spacial score (nSPS) is 16.5.